The highest BCUT2D eigenvalue weighted by atomic mass is 19.1. The number of hydrogen-bond donors (Lipinski definition) is 0. The van der Waals surface area contributed by atoms with E-state index in [4.69, 9.17) is 10.00 Å². The summed E-state index contributed by atoms with van der Waals surface area (Å²) in [6.45, 7) is 3.62. The third kappa shape index (κ3) is 3.36. The van der Waals surface area contributed by atoms with Crippen molar-refractivity contribution in [3.05, 3.63) is 77.4 Å². The number of ether oxygens (including phenoxy) is 1. The molecule has 0 spiro atoms. The predicted octanol–water partition coefficient (Wildman–Crippen LogP) is 3.78. The van der Waals surface area contributed by atoms with Gasteiger partial charge in [0.05, 0.1) is 5.56 Å². The van der Waals surface area contributed by atoms with Crippen molar-refractivity contribution >= 4 is 5.97 Å². The Morgan fingerprint density at radius 1 is 1.23 bits per heavy atom. The van der Waals surface area contributed by atoms with Gasteiger partial charge < -0.3 is 4.74 Å². The Kier molecular flexibility index (Phi) is 4.64. The Hall–Kier alpha value is -3.00. The second-order valence-electron chi connectivity index (χ2n) is 4.45. The smallest absolute Gasteiger partial charge is 0.343 e. The van der Waals surface area contributed by atoms with Crippen molar-refractivity contribution in [3.63, 3.8) is 0 Å². The van der Waals surface area contributed by atoms with Gasteiger partial charge in [-0.25, -0.2) is 13.6 Å². The molecular formula is C17H11F2NO2. The van der Waals surface area contributed by atoms with Crippen LogP contribution in [0, 0.1) is 23.0 Å². The second kappa shape index (κ2) is 6.64. The lowest BCUT2D eigenvalue weighted by Gasteiger charge is -2.06. The van der Waals surface area contributed by atoms with Crippen LogP contribution in [0.1, 0.15) is 21.5 Å². The zero-order valence-corrected chi connectivity index (χ0v) is 11.5. The van der Waals surface area contributed by atoms with Crippen LogP contribution in [-0.2, 0) is 6.42 Å². The molecule has 0 unspecified atom stereocenters. The molecule has 0 radical (unpaired) electrons. The molecule has 0 heterocycles. The van der Waals surface area contributed by atoms with Crippen molar-refractivity contribution in [1.29, 1.82) is 5.26 Å². The summed E-state index contributed by atoms with van der Waals surface area (Å²) in [7, 11) is 0. The third-order valence-electron chi connectivity index (χ3n) is 2.90. The Balaban J connectivity index is 2.19. The highest BCUT2D eigenvalue weighted by molar-refractivity contribution is 5.91. The van der Waals surface area contributed by atoms with E-state index in [9.17, 15) is 13.6 Å². The molecule has 0 atom stereocenters. The number of nitriles is 1. The van der Waals surface area contributed by atoms with E-state index >= 15 is 0 Å². The summed E-state index contributed by atoms with van der Waals surface area (Å²) in [5.41, 5.74) is -0.0419. The van der Waals surface area contributed by atoms with Gasteiger partial charge in [-0.15, -0.1) is 6.58 Å². The molecule has 0 amide bonds. The third-order valence-corrected chi connectivity index (χ3v) is 2.90. The van der Waals surface area contributed by atoms with Crippen LogP contribution in [0.3, 0.4) is 0 Å². The molecule has 0 aliphatic carbocycles. The van der Waals surface area contributed by atoms with Crippen molar-refractivity contribution in [2.45, 2.75) is 6.42 Å². The summed E-state index contributed by atoms with van der Waals surface area (Å²) < 4.78 is 32.0. The summed E-state index contributed by atoms with van der Waals surface area (Å²) >= 11 is 0. The molecule has 0 N–H and O–H groups in total. The topological polar surface area (TPSA) is 50.1 Å². The number of benzene rings is 2. The minimum Gasteiger partial charge on any atom is -0.423 e. The van der Waals surface area contributed by atoms with Gasteiger partial charge in [-0.3, -0.25) is 0 Å². The van der Waals surface area contributed by atoms with Crippen LogP contribution in [0.25, 0.3) is 0 Å². The van der Waals surface area contributed by atoms with Crippen LogP contribution >= 0.6 is 0 Å². The van der Waals surface area contributed by atoms with Crippen LogP contribution in [0.15, 0.2) is 49.1 Å². The maximum Gasteiger partial charge on any atom is 0.343 e. The Bertz CT molecular complexity index is 738. The van der Waals surface area contributed by atoms with Gasteiger partial charge in [0, 0.05) is 0 Å². The summed E-state index contributed by atoms with van der Waals surface area (Å²) in [5.74, 6) is -2.85. The fourth-order valence-electron chi connectivity index (χ4n) is 1.82. The van der Waals surface area contributed by atoms with Crippen molar-refractivity contribution < 1.29 is 18.3 Å². The van der Waals surface area contributed by atoms with Crippen molar-refractivity contribution in [2.24, 2.45) is 0 Å². The lowest BCUT2D eigenvalue weighted by Crippen LogP contribution is -2.10. The molecule has 0 saturated heterocycles. The van der Waals surface area contributed by atoms with Crippen LogP contribution < -0.4 is 4.74 Å². The monoisotopic (exact) mass is 299 g/mol. The van der Waals surface area contributed by atoms with Crippen molar-refractivity contribution in [3.8, 4) is 11.8 Å². The summed E-state index contributed by atoms with van der Waals surface area (Å²) in [6.07, 6.45) is 2.42. The molecule has 0 saturated carbocycles. The number of halogens is 2. The van der Waals surface area contributed by atoms with Gasteiger partial charge in [-0.05, 0) is 36.2 Å². The van der Waals surface area contributed by atoms with E-state index in [0.717, 1.165) is 17.7 Å². The van der Waals surface area contributed by atoms with Gasteiger partial charge in [-0.1, -0.05) is 18.2 Å². The molecule has 0 aliphatic rings. The molecule has 110 valence electrons. The lowest BCUT2D eigenvalue weighted by molar-refractivity contribution is 0.0733. The van der Waals surface area contributed by atoms with Crippen LogP contribution in [-0.4, -0.2) is 5.97 Å². The quantitative estimate of drug-likeness (QED) is 0.490. The summed E-state index contributed by atoms with van der Waals surface area (Å²) in [6, 6.07) is 9.60. The van der Waals surface area contributed by atoms with E-state index in [-0.39, 0.29) is 11.3 Å². The fourth-order valence-corrected chi connectivity index (χ4v) is 1.82. The summed E-state index contributed by atoms with van der Waals surface area (Å²) in [5, 5.41) is 8.58. The minimum absolute atomic E-state index is 0.253. The average Bonchev–Trinajstić information content (AvgIpc) is 2.49. The van der Waals surface area contributed by atoms with Gasteiger partial charge in [0.1, 0.15) is 29.0 Å². The largest absolute Gasteiger partial charge is 0.423 e. The number of carbonyl (C=O) groups is 1. The van der Waals surface area contributed by atoms with Crippen molar-refractivity contribution in [2.75, 3.05) is 0 Å². The maximum absolute atomic E-state index is 13.5. The number of hydrogen-bond acceptors (Lipinski definition) is 3. The molecule has 2 aromatic rings. The van der Waals surface area contributed by atoms with Gasteiger partial charge in [-0.2, -0.15) is 5.26 Å². The van der Waals surface area contributed by atoms with Gasteiger partial charge in [0.2, 0.25) is 0 Å². The van der Waals surface area contributed by atoms with E-state index in [1.54, 1.807) is 30.3 Å². The Morgan fingerprint density at radius 3 is 2.32 bits per heavy atom. The average molecular weight is 299 g/mol. The first-order valence-electron chi connectivity index (χ1n) is 6.36. The van der Waals surface area contributed by atoms with E-state index < -0.39 is 23.2 Å². The molecule has 5 heteroatoms. The maximum atomic E-state index is 13.5. The molecule has 22 heavy (non-hydrogen) atoms. The number of nitrogens with zero attached hydrogens (tertiary/aromatic N) is 1. The normalized spacial score (nSPS) is 9.86. The molecule has 0 bridgehead atoms. The van der Waals surface area contributed by atoms with E-state index in [1.807, 2.05) is 0 Å². The number of carbonyl (C=O) groups excluding carboxylic acids is 1. The molecule has 0 fully saturated rings. The van der Waals surface area contributed by atoms with Crippen LogP contribution in [0.4, 0.5) is 8.78 Å². The standard InChI is InChI=1S/C17H11F2NO2/c1-2-3-11-4-6-13(7-5-11)22-17(21)12-8-15(18)14(10-20)16(19)9-12/h2,4-9H,1,3H2. The summed E-state index contributed by atoms with van der Waals surface area (Å²) in [4.78, 5) is 11.9. The van der Waals surface area contributed by atoms with Gasteiger partial charge in [0.25, 0.3) is 0 Å². The van der Waals surface area contributed by atoms with Gasteiger partial charge in [0.15, 0.2) is 0 Å². The number of allylic oxidation sites excluding steroid dienone is 1. The zero-order valence-electron chi connectivity index (χ0n) is 11.5. The predicted molar refractivity (Wildman–Crippen MR) is 76.4 cm³/mol. The molecule has 2 aromatic carbocycles. The molecule has 0 aromatic heterocycles. The van der Waals surface area contributed by atoms with Crippen molar-refractivity contribution in [1.82, 2.24) is 0 Å². The van der Waals surface area contributed by atoms with Crippen LogP contribution in [0.2, 0.25) is 0 Å². The Labute approximate surface area is 126 Å². The highest BCUT2D eigenvalue weighted by Gasteiger charge is 2.16. The fraction of sp³-hybridized carbons (Fsp3) is 0.0588. The van der Waals surface area contributed by atoms with Crippen LogP contribution in [0.5, 0.6) is 5.75 Å². The highest BCUT2D eigenvalue weighted by Crippen LogP contribution is 2.18. The van der Waals surface area contributed by atoms with E-state index in [0.29, 0.717) is 6.42 Å². The first kappa shape index (κ1) is 15.4. The molecule has 3 nitrogen and oxygen atoms in total. The Morgan fingerprint density at radius 2 is 1.82 bits per heavy atom. The van der Waals surface area contributed by atoms with Gasteiger partial charge >= 0.3 is 5.97 Å². The zero-order chi connectivity index (χ0) is 16.1. The second-order valence-corrected chi connectivity index (χ2v) is 4.45. The number of rotatable bonds is 4. The van der Waals surface area contributed by atoms with E-state index in [1.165, 1.54) is 6.07 Å². The molecule has 0 aliphatic heterocycles. The number of esters is 1. The minimum atomic E-state index is -1.10. The first-order valence-corrected chi connectivity index (χ1v) is 6.36. The molecular weight excluding hydrogens is 288 g/mol. The lowest BCUT2D eigenvalue weighted by atomic mass is 10.1. The van der Waals surface area contributed by atoms with E-state index in [2.05, 4.69) is 6.58 Å². The first-order chi connectivity index (χ1) is 10.5. The molecule has 2 rings (SSSR count). The SMILES string of the molecule is C=CCc1ccc(OC(=O)c2cc(F)c(C#N)c(F)c2)cc1.